The van der Waals surface area contributed by atoms with Crippen LogP contribution in [0.4, 0.5) is 0 Å². The fourth-order valence-corrected chi connectivity index (χ4v) is 2.20. The smallest absolute Gasteiger partial charge is 0.220 e. The third-order valence-corrected chi connectivity index (χ3v) is 3.10. The minimum Gasteiger partial charge on any atom is -0.354 e. The maximum Gasteiger partial charge on any atom is 0.220 e. The Bertz CT molecular complexity index is 203. The zero-order valence-electron chi connectivity index (χ0n) is 10.6. The molecule has 4 heteroatoms. The molecule has 0 aliphatic carbocycles. The van der Waals surface area contributed by atoms with E-state index in [4.69, 9.17) is 0 Å². The first-order chi connectivity index (χ1) is 7.09. The van der Waals surface area contributed by atoms with Gasteiger partial charge in [0.15, 0.2) is 0 Å². The molecular formula is C12H25ClN2O. The van der Waals surface area contributed by atoms with E-state index in [2.05, 4.69) is 17.6 Å². The maximum absolute atomic E-state index is 11.6. The molecule has 0 aromatic heterocycles. The average Bonchev–Trinajstić information content (AvgIpc) is 2.17. The summed E-state index contributed by atoms with van der Waals surface area (Å²) in [5.74, 6) is 1.37. The van der Waals surface area contributed by atoms with Gasteiger partial charge in [-0.15, -0.1) is 12.4 Å². The van der Waals surface area contributed by atoms with Crippen molar-refractivity contribution >= 4 is 18.3 Å². The Balaban J connectivity index is 0.00000225. The maximum atomic E-state index is 11.6. The Kier molecular flexibility index (Phi) is 7.77. The lowest BCUT2D eigenvalue weighted by Crippen LogP contribution is -2.37. The normalized spacial score (nSPS) is 22.4. The van der Waals surface area contributed by atoms with Gasteiger partial charge in [0.25, 0.3) is 0 Å². The number of hydrogen-bond acceptors (Lipinski definition) is 2. The molecule has 1 fully saturated rings. The van der Waals surface area contributed by atoms with Gasteiger partial charge in [0.05, 0.1) is 0 Å². The molecule has 3 nitrogen and oxygen atoms in total. The highest BCUT2D eigenvalue weighted by Crippen LogP contribution is 2.22. The van der Waals surface area contributed by atoms with E-state index < -0.39 is 0 Å². The number of rotatable bonds is 4. The van der Waals surface area contributed by atoms with E-state index in [-0.39, 0.29) is 24.4 Å². The summed E-state index contributed by atoms with van der Waals surface area (Å²) < 4.78 is 0. The Morgan fingerprint density at radius 2 is 2.12 bits per heavy atom. The Morgan fingerprint density at radius 1 is 1.44 bits per heavy atom. The number of carbonyl (C=O) groups is 1. The lowest BCUT2D eigenvalue weighted by Gasteiger charge is -2.28. The van der Waals surface area contributed by atoms with E-state index in [9.17, 15) is 4.79 Å². The number of halogens is 1. The quantitative estimate of drug-likeness (QED) is 0.799. The van der Waals surface area contributed by atoms with Crippen molar-refractivity contribution in [3.05, 3.63) is 0 Å². The third-order valence-electron chi connectivity index (χ3n) is 3.10. The summed E-state index contributed by atoms with van der Waals surface area (Å²) >= 11 is 0. The van der Waals surface area contributed by atoms with Crippen molar-refractivity contribution in [1.29, 1.82) is 0 Å². The van der Waals surface area contributed by atoms with Gasteiger partial charge in [-0.05, 0) is 51.6 Å². The SMILES string of the molecule is CC(C)NC(=O)CC(C)C1CCCNC1.Cl. The van der Waals surface area contributed by atoms with Crippen LogP contribution < -0.4 is 10.6 Å². The van der Waals surface area contributed by atoms with Crippen LogP contribution in [0.2, 0.25) is 0 Å². The van der Waals surface area contributed by atoms with Crippen molar-refractivity contribution in [2.24, 2.45) is 11.8 Å². The van der Waals surface area contributed by atoms with Gasteiger partial charge in [-0.2, -0.15) is 0 Å². The molecule has 2 N–H and O–H groups in total. The number of nitrogens with one attached hydrogen (secondary N) is 2. The predicted molar refractivity (Wildman–Crippen MR) is 69.9 cm³/mol. The number of piperidine rings is 1. The molecule has 0 aromatic rings. The van der Waals surface area contributed by atoms with Gasteiger partial charge < -0.3 is 10.6 Å². The molecule has 0 spiro atoms. The molecule has 1 amide bonds. The van der Waals surface area contributed by atoms with Crippen molar-refractivity contribution in [2.75, 3.05) is 13.1 Å². The zero-order valence-corrected chi connectivity index (χ0v) is 11.4. The van der Waals surface area contributed by atoms with Gasteiger partial charge >= 0.3 is 0 Å². The van der Waals surface area contributed by atoms with Gasteiger partial charge in [0, 0.05) is 12.5 Å². The molecule has 2 atom stereocenters. The summed E-state index contributed by atoms with van der Waals surface area (Å²) in [6.07, 6.45) is 3.19. The van der Waals surface area contributed by atoms with Crippen molar-refractivity contribution in [2.45, 2.75) is 46.1 Å². The van der Waals surface area contributed by atoms with Crippen LogP contribution in [0.3, 0.4) is 0 Å². The van der Waals surface area contributed by atoms with Crippen LogP contribution in [0.25, 0.3) is 0 Å². The molecular weight excluding hydrogens is 224 g/mol. The summed E-state index contributed by atoms with van der Waals surface area (Å²) in [7, 11) is 0. The second-order valence-electron chi connectivity index (χ2n) is 5.01. The molecule has 0 bridgehead atoms. The number of amides is 1. The summed E-state index contributed by atoms with van der Waals surface area (Å²) in [6, 6.07) is 0.259. The van der Waals surface area contributed by atoms with E-state index in [1.165, 1.54) is 12.8 Å². The van der Waals surface area contributed by atoms with E-state index in [0.29, 0.717) is 18.3 Å². The van der Waals surface area contributed by atoms with Crippen LogP contribution in [-0.2, 0) is 4.79 Å². The summed E-state index contributed by atoms with van der Waals surface area (Å²) in [5.41, 5.74) is 0. The first kappa shape index (κ1) is 15.7. The van der Waals surface area contributed by atoms with Gasteiger partial charge in [0.1, 0.15) is 0 Å². The van der Waals surface area contributed by atoms with Crippen LogP contribution in [-0.4, -0.2) is 25.0 Å². The highest BCUT2D eigenvalue weighted by molar-refractivity contribution is 5.85. The van der Waals surface area contributed by atoms with Crippen molar-refractivity contribution in [3.63, 3.8) is 0 Å². The topological polar surface area (TPSA) is 41.1 Å². The first-order valence-electron chi connectivity index (χ1n) is 6.09. The number of carbonyl (C=O) groups excluding carboxylic acids is 1. The fourth-order valence-electron chi connectivity index (χ4n) is 2.20. The first-order valence-corrected chi connectivity index (χ1v) is 6.09. The fraction of sp³-hybridized carbons (Fsp3) is 0.917. The Morgan fingerprint density at radius 3 is 2.62 bits per heavy atom. The second kappa shape index (κ2) is 7.91. The third kappa shape index (κ3) is 5.71. The van der Waals surface area contributed by atoms with Crippen LogP contribution >= 0.6 is 12.4 Å². The Hall–Kier alpha value is -0.280. The monoisotopic (exact) mass is 248 g/mol. The van der Waals surface area contributed by atoms with E-state index >= 15 is 0 Å². The van der Waals surface area contributed by atoms with Gasteiger partial charge in [0.2, 0.25) is 5.91 Å². The largest absolute Gasteiger partial charge is 0.354 e. The average molecular weight is 249 g/mol. The molecule has 96 valence electrons. The molecule has 1 aliphatic heterocycles. The summed E-state index contributed by atoms with van der Waals surface area (Å²) in [6.45, 7) is 8.42. The minimum atomic E-state index is 0. The molecule has 0 saturated carbocycles. The Labute approximate surface area is 105 Å². The van der Waals surface area contributed by atoms with Crippen LogP contribution in [0.5, 0.6) is 0 Å². The van der Waals surface area contributed by atoms with E-state index in [0.717, 1.165) is 13.1 Å². The standard InChI is InChI=1S/C12H24N2O.ClH/c1-9(2)14-12(15)7-10(3)11-5-4-6-13-8-11;/h9-11,13H,4-8H2,1-3H3,(H,14,15);1H. The summed E-state index contributed by atoms with van der Waals surface area (Å²) in [5, 5.41) is 6.35. The lowest BCUT2D eigenvalue weighted by atomic mass is 9.85. The molecule has 1 heterocycles. The molecule has 0 aromatic carbocycles. The van der Waals surface area contributed by atoms with Crippen molar-refractivity contribution in [3.8, 4) is 0 Å². The van der Waals surface area contributed by atoms with Crippen molar-refractivity contribution < 1.29 is 4.79 Å². The second-order valence-corrected chi connectivity index (χ2v) is 5.01. The molecule has 2 unspecified atom stereocenters. The van der Waals surface area contributed by atoms with Crippen LogP contribution in [0.15, 0.2) is 0 Å². The molecule has 1 rings (SSSR count). The molecule has 1 aliphatic rings. The summed E-state index contributed by atoms with van der Waals surface area (Å²) in [4.78, 5) is 11.6. The highest BCUT2D eigenvalue weighted by atomic mass is 35.5. The zero-order chi connectivity index (χ0) is 11.3. The highest BCUT2D eigenvalue weighted by Gasteiger charge is 2.21. The predicted octanol–water partition coefficient (Wildman–Crippen LogP) is 1.96. The molecule has 1 saturated heterocycles. The number of hydrogen-bond donors (Lipinski definition) is 2. The molecule has 0 radical (unpaired) electrons. The van der Waals surface area contributed by atoms with Gasteiger partial charge in [-0.25, -0.2) is 0 Å². The van der Waals surface area contributed by atoms with E-state index in [1.54, 1.807) is 0 Å². The van der Waals surface area contributed by atoms with Crippen LogP contribution in [0.1, 0.15) is 40.0 Å². The van der Waals surface area contributed by atoms with E-state index in [1.807, 2.05) is 13.8 Å². The van der Waals surface area contributed by atoms with Crippen molar-refractivity contribution in [1.82, 2.24) is 10.6 Å². The van der Waals surface area contributed by atoms with Crippen LogP contribution in [0, 0.1) is 11.8 Å². The lowest BCUT2D eigenvalue weighted by molar-refractivity contribution is -0.122. The molecule has 16 heavy (non-hydrogen) atoms. The van der Waals surface area contributed by atoms with Gasteiger partial charge in [-0.1, -0.05) is 6.92 Å². The minimum absolute atomic E-state index is 0. The van der Waals surface area contributed by atoms with Gasteiger partial charge in [-0.3, -0.25) is 4.79 Å².